The summed E-state index contributed by atoms with van der Waals surface area (Å²) in [6, 6.07) is 5.89. The van der Waals surface area contributed by atoms with Gasteiger partial charge in [-0.1, -0.05) is 19.1 Å². The number of amides is 1. The predicted molar refractivity (Wildman–Crippen MR) is 70.5 cm³/mol. The van der Waals surface area contributed by atoms with E-state index in [0.29, 0.717) is 5.69 Å². The van der Waals surface area contributed by atoms with E-state index in [-0.39, 0.29) is 12.3 Å². The lowest BCUT2D eigenvalue weighted by Gasteiger charge is -2.15. The van der Waals surface area contributed by atoms with Crippen LogP contribution < -0.4 is 11.1 Å². The molecule has 0 heterocycles. The van der Waals surface area contributed by atoms with Gasteiger partial charge in [-0.05, 0) is 23.6 Å². The molecule has 0 aliphatic rings. The molecule has 1 amide bonds. The second-order valence-electron chi connectivity index (χ2n) is 4.41. The maximum atomic E-state index is 11.7. The van der Waals surface area contributed by atoms with E-state index >= 15 is 0 Å². The van der Waals surface area contributed by atoms with Crippen LogP contribution in [0.2, 0.25) is 0 Å². The Balaban J connectivity index is 2.56. The van der Waals surface area contributed by atoms with Crippen molar-refractivity contribution in [3.63, 3.8) is 0 Å². The number of nitrogens with two attached hydrogens (primary N) is 1. The van der Waals surface area contributed by atoms with Gasteiger partial charge in [0, 0.05) is 12.1 Å². The van der Waals surface area contributed by atoms with Crippen molar-refractivity contribution in [2.45, 2.75) is 25.3 Å². The van der Waals surface area contributed by atoms with Crippen LogP contribution in [0, 0.1) is 0 Å². The van der Waals surface area contributed by atoms with Gasteiger partial charge in [-0.25, -0.2) is 4.79 Å². The number of carboxylic acids is 1. The number of carbonyl (C=O) groups excluding carboxylic acids is 1. The SMILES string of the molecule is CC(CC(=O)NC(CO)C(=O)O)c1ccc(N)cc1. The van der Waals surface area contributed by atoms with E-state index in [0.717, 1.165) is 5.56 Å². The molecule has 0 radical (unpaired) electrons. The molecule has 2 atom stereocenters. The minimum absolute atomic E-state index is 0.0614. The molecule has 0 spiro atoms. The zero-order chi connectivity index (χ0) is 14.4. The van der Waals surface area contributed by atoms with E-state index in [1.807, 2.05) is 19.1 Å². The molecule has 1 rings (SSSR count). The van der Waals surface area contributed by atoms with Gasteiger partial charge >= 0.3 is 5.97 Å². The topological polar surface area (TPSA) is 113 Å². The van der Waals surface area contributed by atoms with E-state index in [9.17, 15) is 9.59 Å². The second kappa shape index (κ2) is 6.75. The summed E-state index contributed by atoms with van der Waals surface area (Å²) in [7, 11) is 0. The van der Waals surface area contributed by atoms with Gasteiger partial charge in [0.2, 0.25) is 5.91 Å². The molecule has 0 fully saturated rings. The van der Waals surface area contributed by atoms with Crippen molar-refractivity contribution in [2.24, 2.45) is 0 Å². The molecule has 104 valence electrons. The molecule has 0 aliphatic carbocycles. The number of aliphatic carboxylic acids is 1. The summed E-state index contributed by atoms with van der Waals surface area (Å²) in [5.74, 6) is -1.73. The van der Waals surface area contributed by atoms with Gasteiger partial charge in [-0.15, -0.1) is 0 Å². The van der Waals surface area contributed by atoms with Gasteiger partial charge in [0.05, 0.1) is 6.61 Å². The molecule has 2 unspecified atom stereocenters. The molecular weight excluding hydrogens is 248 g/mol. The highest BCUT2D eigenvalue weighted by molar-refractivity contribution is 5.84. The molecule has 0 saturated carbocycles. The van der Waals surface area contributed by atoms with Gasteiger partial charge in [-0.2, -0.15) is 0 Å². The van der Waals surface area contributed by atoms with Gasteiger partial charge < -0.3 is 21.3 Å². The highest BCUT2D eigenvalue weighted by Gasteiger charge is 2.20. The summed E-state index contributed by atoms with van der Waals surface area (Å²) in [6.07, 6.45) is 0.147. The summed E-state index contributed by atoms with van der Waals surface area (Å²) in [5, 5.41) is 19.8. The summed E-state index contributed by atoms with van der Waals surface area (Å²) in [4.78, 5) is 22.3. The van der Waals surface area contributed by atoms with E-state index in [2.05, 4.69) is 5.32 Å². The Kier molecular flexibility index (Phi) is 5.32. The fraction of sp³-hybridized carbons (Fsp3) is 0.385. The van der Waals surface area contributed by atoms with Crippen LogP contribution in [0.15, 0.2) is 24.3 Å². The van der Waals surface area contributed by atoms with Gasteiger partial charge in [0.25, 0.3) is 0 Å². The number of rotatable bonds is 6. The first-order valence-electron chi connectivity index (χ1n) is 5.92. The fourth-order valence-electron chi connectivity index (χ4n) is 1.66. The molecule has 0 aromatic heterocycles. The van der Waals surface area contributed by atoms with E-state index in [4.69, 9.17) is 15.9 Å². The molecule has 1 aromatic rings. The maximum absolute atomic E-state index is 11.7. The number of hydrogen-bond donors (Lipinski definition) is 4. The highest BCUT2D eigenvalue weighted by atomic mass is 16.4. The lowest BCUT2D eigenvalue weighted by atomic mass is 9.97. The summed E-state index contributed by atoms with van der Waals surface area (Å²) >= 11 is 0. The number of carbonyl (C=O) groups is 2. The number of anilines is 1. The van der Waals surface area contributed by atoms with Crippen molar-refractivity contribution in [3.8, 4) is 0 Å². The smallest absolute Gasteiger partial charge is 0.328 e. The van der Waals surface area contributed by atoms with Crippen molar-refractivity contribution in [3.05, 3.63) is 29.8 Å². The zero-order valence-electron chi connectivity index (χ0n) is 10.7. The number of carboxylic acid groups (broad SMARTS) is 1. The normalized spacial score (nSPS) is 13.6. The van der Waals surface area contributed by atoms with Crippen LogP contribution in [0.1, 0.15) is 24.8 Å². The number of benzene rings is 1. The van der Waals surface area contributed by atoms with Crippen molar-refractivity contribution >= 4 is 17.6 Å². The Bertz CT molecular complexity index is 444. The summed E-state index contributed by atoms with van der Waals surface area (Å²) < 4.78 is 0. The van der Waals surface area contributed by atoms with Gasteiger partial charge in [-0.3, -0.25) is 4.79 Å². The zero-order valence-corrected chi connectivity index (χ0v) is 10.7. The molecule has 19 heavy (non-hydrogen) atoms. The van der Waals surface area contributed by atoms with Crippen LogP contribution in [0.3, 0.4) is 0 Å². The number of aliphatic hydroxyl groups is 1. The quantitative estimate of drug-likeness (QED) is 0.554. The Morgan fingerprint density at radius 1 is 1.32 bits per heavy atom. The van der Waals surface area contributed by atoms with Gasteiger partial charge in [0.15, 0.2) is 0 Å². The Labute approximate surface area is 111 Å². The van der Waals surface area contributed by atoms with Gasteiger partial charge in [0.1, 0.15) is 6.04 Å². The molecular formula is C13H18N2O4. The predicted octanol–water partition coefficient (Wildman–Crippen LogP) is 0.324. The molecule has 0 bridgehead atoms. The second-order valence-corrected chi connectivity index (χ2v) is 4.41. The lowest BCUT2D eigenvalue weighted by Crippen LogP contribution is -2.43. The Hall–Kier alpha value is -2.08. The number of nitrogen functional groups attached to an aromatic ring is 1. The van der Waals surface area contributed by atoms with Crippen LogP contribution in [0.4, 0.5) is 5.69 Å². The lowest BCUT2D eigenvalue weighted by molar-refractivity contribution is -0.143. The minimum Gasteiger partial charge on any atom is -0.480 e. The van der Waals surface area contributed by atoms with Crippen molar-refractivity contribution in [1.29, 1.82) is 0 Å². The molecule has 5 N–H and O–H groups in total. The maximum Gasteiger partial charge on any atom is 0.328 e. The summed E-state index contributed by atoms with van der Waals surface area (Å²) in [6.45, 7) is 1.23. The van der Waals surface area contributed by atoms with Crippen LogP contribution >= 0.6 is 0 Å². The largest absolute Gasteiger partial charge is 0.480 e. The first kappa shape index (κ1) is 15.0. The van der Waals surface area contributed by atoms with Crippen LogP contribution in [-0.4, -0.2) is 34.7 Å². The Morgan fingerprint density at radius 3 is 2.37 bits per heavy atom. The van der Waals surface area contributed by atoms with Crippen LogP contribution in [0.5, 0.6) is 0 Å². The van der Waals surface area contributed by atoms with Crippen LogP contribution in [-0.2, 0) is 9.59 Å². The third kappa shape index (κ3) is 4.59. The third-order valence-electron chi connectivity index (χ3n) is 2.81. The molecule has 0 aliphatic heterocycles. The van der Waals surface area contributed by atoms with Crippen LogP contribution in [0.25, 0.3) is 0 Å². The fourth-order valence-corrected chi connectivity index (χ4v) is 1.66. The highest BCUT2D eigenvalue weighted by Crippen LogP contribution is 2.19. The Morgan fingerprint density at radius 2 is 1.89 bits per heavy atom. The number of aliphatic hydroxyl groups excluding tert-OH is 1. The van der Waals surface area contributed by atoms with Crippen molar-refractivity contribution in [1.82, 2.24) is 5.32 Å². The molecule has 6 nitrogen and oxygen atoms in total. The number of nitrogens with one attached hydrogen (secondary N) is 1. The molecule has 6 heteroatoms. The van der Waals surface area contributed by atoms with Crippen molar-refractivity contribution < 1.29 is 19.8 Å². The van der Waals surface area contributed by atoms with E-state index in [1.54, 1.807) is 12.1 Å². The average molecular weight is 266 g/mol. The average Bonchev–Trinajstić information content (AvgIpc) is 2.36. The third-order valence-corrected chi connectivity index (χ3v) is 2.81. The summed E-state index contributed by atoms with van der Waals surface area (Å²) in [5.41, 5.74) is 7.16. The monoisotopic (exact) mass is 266 g/mol. The first-order chi connectivity index (χ1) is 8.93. The number of hydrogen-bond acceptors (Lipinski definition) is 4. The molecule has 1 aromatic carbocycles. The first-order valence-corrected chi connectivity index (χ1v) is 5.92. The van der Waals surface area contributed by atoms with E-state index in [1.165, 1.54) is 0 Å². The standard InChI is InChI=1S/C13H18N2O4/c1-8(9-2-4-10(14)5-3-9)6-12(17)15-11(7-16)13(18)19/h2-5,8,11,16H,6-7,14H2,1H3,(H,15,17)(H,18,19). The minimum atomic E-state index is -1.26. The van der Waals surface area contributed by atoms with Crippen molar-refractivity contribution in [2.75, 3.05) is 12.3 Å². The molecule has 0 saturated heterocycles. The van der Waals surface area contributed by atoms with E-state index < -0.39 is 24.5 Å².